The van der Waals surface area contributed by atoms with E-state index >= 15 is 0 Å². The second-order valence-corrected chi connectivity index (χ2v) is 12.5. The van der Waals surface area contributed by atoms with Crippen LogP contribution < -0.4 is 14.9 Å². The Morgan fingerprint density at radius 1 is 1.04 bits per heavy atom. The van der Waals surface area contributed by atoms with Crippen molar-refractivity contribution in [2.24, 2.45) is 4.99 Å². The number of nitrogens with zero attached hydrogens (tertiary/aromatic N) is 5. The quantitative estimate of drug-likeness (QED) is 0.120. The number of halogens is 3. The first-order valence-corrected chi connectivity index (χ1v) is 16.2. The van der Waals surface area contributed by atoms with Crippen LogP contribution in [0, 0.1) is 13.8 Å². The van der Waals surface area contributed by atoms with Crippen molar-refractivity contribution in [1.82, 2.24) is 24.6 Å². The fourth-order valence-electron chi connectivity index (χ4n) is 5.06. The summed E-state index contributed by atoms with van der Waals surface area (Å²) in [6.07, 6.45) is -0.466. The van der Waals surface area contributed by atoms with Crippen molar-refractivity contribution in [3.8, 4) is 28.5 Å². The molecular formula is C34H35F3N6OS2. The van der Waals surface area contributed by atoms with Crippen molar-refractivity contribution < 1.29 is 17.9 Å². The fourth-order valence-corrected chi connectivity index (χ4v) is 6.18. The van der Waals surface area contributed by atoms with Crippen molar-refractivity contribution in [3.63, 3.8) is 0 Å². The zero-order chi connectivity index (χ0) is 32.8. The van der Waals surface area contributed by atoms with Crippen molar-refractivity contribution in [1.29, 1.82) is 0 Å². The van der Waals surface area contributed by atoms with Gasteiger partial charge in [0.25, 0.3) is 0 Å². The summed E-state index contributed by atoms with van der Waals surface area (Å²) < 4.78 is 45.0. The van der Waals surface area contributed by atoms with Crippen molar-refractivity contribution in [2.75, 3.05) is 6.54 Å². The minimum Gasteiger partial charge on any atom is -0.406 e. The molecule has 2 aromatic heterocycles. The topological polar surface area (TPSA) is 69.3 Å². The van der Waals surface area contributed by atoms with Crippen LogP contribution in [0.3, 0.4) is 0 Å². The number of thiocarbonyl (C=S) groups is 1. The second-order valence-electron chi connectivity index (χ2n) is 11.3. The number of aryl methyl sites for hydroxylation is 3. The summed E-state index contributed by atoms with van der Waals surface area (Å²) in [5.74, 6) is 0.615. The first-order chi connectivity index (χ1) is 22.0. The average molecular weight is 665 g/mol. The number of ether oxygens (including phenoxy) is 1. The zero-order valence-electron chi connectivity index (χ0n) is 26.0. The molecule has 12 heteroatoms. The maximum atomic E-state index is 12.4. The van der Waals surface area contributed by atoms with E-state index in [-0.39, 0.29) is 5.75 Å². The number of alkyl halides is 3. The number of aromatic nitrogens is 4. The van der Waals surface area contributed by atoms with Crippen LogP contribution in [-0.2, 0) is 6.42 Å². The van der Waals surface area contributed by atoms with Gasteiger partial charge < -0.3 is 10.1 Å². The molecule has 7 nitrogen and oxygen atoms in total. The third-order valence-corrected chi connectivity index (χ3v) is 8.48. The van der Waals surface area contributed by atoms with Crippen LogP contribution in [0.5, 0.6) is 5.75 Å². The van der Waals surface area contributed by atoms with Crippen LogP contribution >= 0.6 is 23.6 Å². The molecule has 0 aliphatic rings. The lowest BCUT2D eigenvalue weighted by molar-refractivity contribution is -0.274. The Hall–Kier alpha value is -4.29. The normalized spacial score (nSPS) is 12.1. The van der Waals surface area contributed by atoms with E-state index in [1.54, 1.807) is 11.3 Å². The highest BCUT2D eigenvalue weighted by molar-refractivity contribution is 7.80. The van der Waals surface area contributed by atoms with Gasteiger partial charge in [0, 0.05) is 23.2 Å². The van der Waals surface area contributed by atoms with Gasteiger partial charge in [-0.15, -0.1) is 29.6 Å². The number of hydrogen-bond acceptors (Lipinski definition) is 5. The minimum absolute atomic E-state index is 0.292. The molecule has 1 N–H and O–H groups in total. The Labute approximate surface area is 275 Å². The van der Waals surface area contributed by atoms with E-state index in [0.717, 1.165) is 46.6 Å². The maximum absolute atomic E-state index is 12.4. The smallest absolute Gasteiger partial charge is 0.406 e. The molecule has 0 fully saturated rings. The van der Waals surface area contributed by atoms with E-state index in [9.17, 15) is 13.2 Å². The Bertz CT molecular complexity index is 1870. The van der Waals surface area contributed by atoms with Gasteiger partial charge in [-0.25, -0.2) is 9.67 Å². The lowest BCUT2D eigenvalue weighted by Crippen LogP contribution is -2.25. The number of nitrogens with one attached hydrogen (secondary N) is 1. The van der Waals surface area contributed by atoms with E-state index in [0.29, 0.717) is 29.1 Å². The number of unbranched alkanes of at least 4 members (excludes halogenated alkanes) is 1. The van der Waals surface area contributed by atoms with Crippen LogP contribution in [0.25, 0.3) is 22.8 Å². The molecule has 0 atom stereocenters. The van der Waals surface area contributed by atoms with E-state index in [1.165, 1.54) is 46.4 Å². The molecule has 3 aromatic carbocycles. The summed E-state index contributed by atoms with van der Waals surface area (Å²) in [4.78, 5) is 10.0. The molecule has 0 saturated heterocycles. The molecule has 0 bridgehead atoms. The largest absolute Gasteiger partial charge is 0.573 e. The lowest BCUT2D eigenvalue weighted by Gasteiger charge is -2.16. The highest BCUT2D eigenvalue weighted by atomic mass is 32.1. The number of rotatable bonds is 10. The van der Waals surface area contributed by atoms with Gasteiger partial charge >= 0.3 is 6.36 Å². The lowest BCUT2D eigenvalue weighted by atomic mass is 9.99. The molecule has 0 aliphatic heterocycles. The highest BCUT2D eigenvalue weighted by Crippen LogP contribution is 2.26. The van der Waals surface area contributed by atoms with Crippen LogP contribution in [0.2, 0.25) is 0 Å². The third kappa shape index (κ3) is 8.49. The van der Waals surface area contributed by atoms with E-state index in [1.807, 2.05) is 12.1 Å². The standard InChI is InChI=1S/C34H35F3N6OS2/c1-22(2)29-16-11-23(3)18-30(29)43-24(4)20-46-33(43)40-32(45)38-17-6-5-8-25-9-7-10-26(19-25)31-39-21-42(41-31)27-12-14-28(15-13-27)44-34(35,36)37/h7,9-16,18-22H,5-6,8,17H2,1-4H3,(H,38,45)/b40-33-. The van der Waals surface area contributed by atoms with Crippen LogP contribution in [0.15, 0.2) is 83.4 Å². The summed E-state index contributed by atoms with van der Waals surface area (Å²) in [6, 6.07) is 20.1. The zero-order valence-corrected chi connectivity index (χ0v) is 27.6. The predicted molar refractivity (Wildman–Crippen MR) is 180 cm³/mol. The minimum atomic E-state index is -4.74. The summed E-state index contributed by atoms with van der Waals surface area (Å²) in [7, 11) is 0. The maximum Gasteiger partial charge on any atom is 0.573 e. The summed E-state index contributed by atoms with van der Waals surface area (Å²) in [6.45, 7) is 9.31. The van der Waals surface area contributed by atoms with Gasteiger partial charge in [0.2, 0.25) is 0 Å². The van der Waals surface area contributed by atoms with E-state index in [4.69, 9.17) is 17.2 Å². The molecule has 5 rings (SSSR count). The van der Waals surface area contributed by atoms with E-state index in [2.05, 4.69) is 88.1 Å². The molecule has 0 unspecified atom stereocenters. The SMILES string of the molecule is Cc1ccc(C(C)C)c(-n2c(C)cs/c2=N\C(=S)NCCCCc2cccc(-c3ncn(-c4ccc(OC(F)(F)F)cc4)n3)c2)c1. The van der Waals surface area contributed by atoms with Gasteiger partial charge in [-0.2, -0.15) is 4.99 Å². The van der Waals surface area contributed by atoms with Gasteiger partial charge in [0.1, 0.15) is 12.1 Å². The first-order valence-electron chi connectivity index (χ1n) is 14.9. The molecule has 0 radical (unpaired) electrons. The summed E-state index contributed by atoms with van der Waals surface area (Å²) >= 11 is 7.18. The van der Waals surface area contributed by atoms with Crippen molar-refractivity contribution >= 4 is 28.7 Å². The molecule has 0 spiro atoms. The van der Waals surface area contributed by atoms with Gasteiger partial charge in [-0.3, -0.25) is 4.57 Å². The Morgan fingerprint density at radius 2 is 1.83 bits per heavy atom. The average Bonchev–Trinajstić information content (AvgIpc) is 3.63. The van der Waals surface area contributed by atoms with Crippen LogP contribution in [0.1, 0.15) is 55.0 Å². The Kier molecular flexibility index (Phi) is 10.4. The molecule has 0 aliphatic carbocycles. The van der Waals surface area contributed by atoms with Crippen LogP contribution in [0.4, 0.5) is 13.2 Å². The van der Waals surface area contributed by atoms with Crippen molar-refractivity contribution in [3.05, 3.63) is 106 Å². The highest BCUT2D eigenvalue weighted by Gasteiger charge is 2.31. The Balaban J connectivity index is 1.15. The molecule has 2 heterocycles. The third-order valence-electron chi connectivity index (χ3n) is 7.31. The van der Waals surface area contributed by atoms with Gasteiger partial charge in [-0.05, 0) is 104 Å². The Morgan fingerprint density at radius 3 is 2.57 bits per heavy atom. The van der Waals surface area contributed by atoms with E-state index < -0.39 is 6.36 Å². The number of thiazole rings is 1. The van der Waals surface area contributed by atoms with Gasteiger partial charge in [0.15, 0.2) is 15.7 Å². The number of hydrogen-bond donors (Lipinski definition) is 1. The fraction of sp³-hybridized carbons (Fsp3) is 0.294. The molecule has 0 amide bonds. The summed E-state index contributed by atoms with van der Waals surface area (Å²) in [5.41, 5.74) is 7.33. The second kappa shape index (κ2) is 14.4. The predicted octanol–water partition coefficient (Wildman–Crippen LogP) is 8.22. The van der Waals surface area contributed by atoms with Gasteiger partial charge in [0.05, 0.1) is 11.4 Å². The number of benzene rings is 3. The first kappa shape index (κ1) is 33.1. The molecule has 240 valence electrons. The van der Waals surface area contributed by atoms with Crippen LogP contribution in [-0.4, -0.2) is 37.4 Å². The summed E-state index contributed by atoms with van der Waals surface area (Å²) in [5, 5.41) is 10.4. The monoisotopic (exact) mass is 664 g/mol. The van der Waals surface area contributed by atoms with Crippen molar-refractivity contribution in [2.45, 2.75) is 59.2 Å². The molecule has 46 heavy (non-hydrogen) atoms. The molecule has 0 saturated carbocycles. The molecule has 5 aromatic rings. The van der Waals surface area contributed by atoms with Gasteiger partial charge in [-0.1, -0.05) is 44.2 Å². The molecular weight excluding hydrogens is 630 g/mol.